The van der Waals surface area contributed by atoms with Gasteiger partial charge in [0.25, 0.3) is 0 Å². The fourth-order valence-electron chi connectivity index (χ4n) is 3.56. The van der Waals surface area contributed by atoms with E-state index in [0.717, 1.165) is 5.56 Å². The molecule has 2 aromatic rings. The van der Waals surface area contributed by atoms with E-state index in [4.69, 9.17) is 18.9 Å². The maximum Gasteiger partial charge on any atom is 0.407 e. The minimum absolute atomic E-state index is 0.0178. The lowest BCUT2D eigenvalue weighted by atomic mass is 10.1. The van der Waals surface area contributed by atoms with Crippen molar-refractivity contribution in [3.05, 3.63) is 65.2 Å². The van der Waals surface area contributed by atoms with Crippen molar-refractivity contribution in [1.82, 2.24) is 10.6 Å². The van der Waals surface area contributed by atoms with Gasteiger partial charge in [-0.1, -0.05) is 30.3 Å². The Balaban J connectivity index is 1.97. The molecule has 12 nitrogen and oxygen atoms in total. The molecule has 41 heavy (non-hydrogen) atoms. The van der Waals surface area contributed by atoms with Crippen molar-refractivity contribution in [2.75, 3.05) is 26.1 Å². The number of rotatable bonds is 12. The Morgan fingerprint density at radius 1 is 0.854 bits per heavy atom. The molecule has 0 unspecified atom stereocenters. The number of carbonyl (C=O) groups excluding carboxylic acids is 5. The van der Waals surface area contributed by atoms with Crippen molar-refractivity contribution >= 4 is 35.7 Å². The second-order valence-electron chi connectivity index (χ2n) is 9.95. The van der Waals surface area contributed by atoms with Gasteiger partial charge in [0, 0.05) is 12.2 Å². The van der Waals surface area contributed by atoms with Gasteiger partial charge in [-0.25, -0.2) is 24.0 Å². The first-order valence-electron chi connectivity index (χ1n) is 13.0. The van der Waals surface area contributed by atoms with Crippen LogP contribution in [0, 0.1) is 0 Å². The molecule has 0 saturated carbocycles. The first-order chi connectivity index (χ1) is 19.4. The van der Waals surface area contributed by atoms with Crippen molar-refractivity contribution in [1.29, 1.82) is 0 Å². The maximum absolute atomic E-state index is 12.8. The standard InChI is InChI=1S/C29H37N3O9/c1-29(2,3)41-26(35)23(13-9-10-14-30-28(37)40-18-19-11-7-6-8-12-19)32-27(36)31-22-16-20(24(33)38-4)15-21(17-22)25(34)39-5/h6-8,11-12,15-17,23H,9-10,13-14,18H2,1-5H3,(H,30,37)(H2,31,32,36)/t23-/m0/s1. The van der Waals surface area contributed by atoms with Gasteiger partial charge in [0.2, 0.25) is 0 Å². The number of benzene rings is 2. The number of unbranched alkanes of at least 4 members (excludes halogenated alkanes) is 1. The van der Waals surface area contributed by atoms with Crippen LogP contribution in [-0.2, 0) is 30.3 Å². The van der Waals surface area contributed by atoms with Gasteiger partial charge in [-0.15, -0.1) is 0 Å². The average molecular weight is 572 g/mol. The van der Waals surface area contributed by atoms with Crippen molar-refractivity contribution in [2.45, 2.75) is 58.3 Å². The van der Waals surface area contributed by atoms with Gasteiger partial charge in [0.1, 0.15) is 18.2 Å². The van der Waals surface area contributed by atoms with E-state index in [1.807, 2.05) is 30.3 Å². The van der Waals surface area contributed by atoms with Crippen molar-refractivity contribution in [3.63, 3.8) is 0 Å². The minimum atomic E-state index is -1.01. The molecular weight excluding hydrogens is 534 g/mol. The number of carbonyl (C=O) groups is 5. The molecule has 222 valence electrons. The summed E-state index contributed by atoms with van der Waals surface area (Å²) in [5, 5.41) is 7.76. The summed E-state index contributed by atoms with van der Waals surface area (Å²) in [6.07, 6.45) is 0.634. The zero-order chi connectivity index (χ0) is 30.4. The first-order valence-corrected chi connectivity index (χ1v) is 13.0. The molecule has 2 aromatic carbocycles. The number of anilines is 1. The molecule has 1 atom stereocenters. The van der Waals surface area contributed by atoms with E-state index >= 15 is 0 Å². The van der Waals surface area contributed by atoms with Gasteiger partial charge in [-0.3, -0.25) is 0 Å². The SMILES string of the molecule is COC(=O)c1cc(NC(=O)N[C@@H](CCCCNC(=O)OCc2ccccc2)C(=O)OC(C)(C)C)cc(C(=O)OC)c1. The van der Waals surface area contributed by atoms with Gasteiger partial charge in [-0.2, -0.15) is 0 Å². The Labute approximate surface area is 239 Å². The van der Waals surface area contributed by atoms with Crippen LogP contribution in [0.15, 0.2) is 48.5 Å². The zero-order valence-electron chi connectivity index (χ0n) is 23.9. The highest BCUT2D eigenvalue weighted by Crippen LogP contribution is 2.18. The monoisotopic (exact) mass is 571 g/mol. The highest BCUT2D eigenvalue weighted by atomic mass is 16.6. The Hall–Kier alpha value is -4.61. The van der Waals surface area contributed by atoms with Crippen LogP contribution < -0.4 is 16.0 Å². The predicted octanol–water partition coefficient (Wildman–Crippen LogP) is 4.19. The summed E-state index contributed by atoms with van der Waals surface area (Å²) in [5.74, 6) is -2.08. The molecule has 0 heterocycles. The van der Waals surface area contributed by atoms with Crippen LogP contribution in [0.5, 0.6) is 0 Å². The summed E-state index contributed by atoms with van der Waals surface area (Å²) >= 11 is 0. The van der Waals surface area contributed by atoms with Gasteiger partial charge in [0.05, 0.1) is 25.3 Å². The van der Waals surface area contributed by atoms with E-state index in [1.165, 1.54) is 32.4 Å². The predicted molar refractivity (Wildman–Crippen MR) is 149 cm³/mol. The van der Waals surface area contributed by atoms with Crippen LogP contribution >= 0.6 is 0 Å². The van der Waals surface area contributed by atoms with Crippen LogP contribution in [0.3, 0.4) is 0 Å². The Kier molecular flexibility index (Phi) is 12.6. The number of alkyl carbamates (subject to hydrolysis) is 1. The normalized spacial score (nSPS) is 11.4. The molecule has 2 rings (SSSR count). The maximum atomic E-state index is 12.8. The van der Waals surface area contributed by atoms with Gasteiger partial charge >= 0.3 is 30.0 Å². The summed E-state index contributed by atoms with van der Waals surface area (Å²) < 4.78 is 20.0. The number of amides is 3. The fourth-order valence-corrected chi connectivity index (χ4v) is 3.56. The summed E-state index contributed by atoms with van der Waals surface area (Å²) in [4.78, 5) is 61.7. The molecule has 0 spiro atoms. The number of ether oxygens (including phenoxy) is 4. The van der Waals surface area contributed by atoms with Crippen molar-refractivity contribution < 1.29 is 42.9 Å². The molecule has 12 heteroatoms. The van der Waals surface area contributed by atoms with Crippen LogP contribution in [0.25, 0.3) is 0 Å². The number of methoxy groups -OCH3 is 2. The van der Waals surface area contributed by atoms with Crippen molar-refractivity contribution in [3.8, 4) is 0 Å². The minimum Gasteiger partial charge on any atom is -0.465 e. The lowest BCUT2D eigenvalue weighted by Gasteiger charge is -2.24. The number of esters is 3. The Morgan fingerprint density at radius 2 is 1.46 bits per heavy atom. The lowest BCUT2D eigenvalue weighted by molar-refractivity contribution is -0.157. The molecule has 0 radical (unpaired) electrons. The second-order valence-corrected chi connectivity index (χ2v) is 9.95. The summed E-state index contributed by atoms with van der Waals surface area (Å²) in [5.41, 5.74) is 0.216. The molecule has 0 bridgehead atoms. The molecular formula is C29H37N3O9. The quantitative estimate of drug-likeness (QED) is 0.193. The number of hydrogen-bond acceptors (Lipinski definition) is 9. The van der Waals surface area contributed by atoms with Crippen LogP contribution in [0.2, 0.25) is 0 Å². The number of urea groups is 1. The molecule has 0 aliphatic rings. The van der Waals surface area contributed by atoms with E-state index in [0.29, 0.717) is 19.4 Å². The molecule has 3 N–H and O–H groups in total. The highest BCUT2D eigenvalue weighted by molar-refractivity contribution is 5.99. The molecule has 0 fully saturated rings. The molecule has 0 aromatic heterocycles. The van der Waals surface area contributed by atoms with E-state index in [9.17, 15) is 24.0 Å². The molecule has 0 saturated heterocycles. The Morgan fingerprint density at radius 3 is 2.02 bits per heavy atom. The average Bonchev–Trinajstić information content (AvgIpc) is 2.93. The number of hydrogen-bond donors (Lipinski definition) is 3. The fraction of sp³-hybridized carbons (Fsp3) is 0.414. The molecule has 3 amide bonds. The van der Waals surface area contributed by atoms with Gasteiger partial charge in [0.15, 0.2) is 0 Å². The second kappa shape index (κ2) is 15.8. The van der Waals surface area contributed by atoms with Crippen LogP contribution in [0.4, 0.5) is 15.3 Å². The van der Waals surface area contributed by atoms with Crippen LogP contribution in [-0.4, -0.2) is 62.4 Å². The molecule has 0 aliphatic heterocycles. The Bertz CT molecular complexity index is 1180. The molecule has 0 aliphatic carbocycles. The summed E-state index contributed by atoms with van der Waals surface area (Å²) in [6, 6.07) is 11.4. The lowest BCUT2D eigenvalue weighted by Crippen LogP contribution is -2.45. The third kappa shape index (κ3) is 12.0. The summed E-state index contributed by atoms with van der Waals surface area (Å²) in [7, 11) is 2.36. The largest absolute Gasteiger partial charge is 0.465 e. The summed E-state index contributed by atoms with van der Waals surface area (Å²) in [6.45, 7) is 5.58. The van der Waals surface area contributed by atoms with Gasteiger partial charge in [-0.05, 0) is 63.8 Å². The third-order valence-corrected chi connectivity index (χ3v) is 5.43. The van der Waals surface area contributed by atoms with Crippen molar-refractivity contribution in [2.24, 2.45) is 0 Å². The highest BCUT2D eigenvalue weighted by Gasteiger charge is 2.27. The third-order valence-electron chi connectivity index (χ3n) is 5.43. The number of nitrogens with one attached hydrogen (secondary N) is 3. The van der Waals surface area contributed by atoms with E-state index in [1.54, 1.807) is 20.8 Å². The van der Waals surface area contributed by atoms with E-state index in [2.05, 4.69) is 16.0 Å². The smallest absolute Gasteiger partial charge is 0.407 e. The first kappa shape index (κ1) is 32.6. The van der Waals surface area contributed by atoms with E-state index in [-0.39, 0.29) is 29.8 Å². The zero-order valence-corrected chi connectivity index (χ0v) is 23.9. The van der Waals surface area contributed by atoms with E-state index < -0.39 is 41.7 Å². The van der Waals surface area contributed by atoms with Gasteiger partial charge < -0.3 is 34.9 Å². The van der Waals surface area contributed by atoms with Crippen LogP contribution in [0.1, 0.15) is 66.3 Å². The topological polar surface area (TPSA) is 158 Å².